The van der Waals surface area contributed by atoms with Gasteiger partial charge in [0.1, 0.15) is 12.4 Å². The van der Waals surface area contributed by atoms with Crippen molar-refractivity contribution >= 4 is 11.6 Å². The summed E-state index contributed by atoms with van der Waals surface area (Å²) in [4.78, 5) is 23.5. The van der Waals surface area contributed by atoms with Crippen molar-refractivity contribution in [2.24, 2.45) is 0 Å². The van der Waals surface area contributed by atoms with E-state index in [9.17, 15) is 9.59 Å². The van der Waals surface area contributed by atoms with Crippen molar-refractivity contribution in [1.82, 2.24) is 0 Å². The molecule has 3 rings (SSSR count). The average Bonchev–Trinajstić information content (AvgIpc) is 2.52. The first-order chi connectivity index (χ1) is 10.5. The molecular formula is C19H18O3. The van der Waals surface area contributed by atoms with E-state index in [2.05, 4.69) is 0 Å². The molecule has 0 radical (unpaired) electrons. The summed E-state index contributed by atoms with van der Waals surface area (Å²) in [6, 6.07) is 9.55. The van der Waals surface area contributed by atoms with Crippen LogP contribution in [0.3, 0.4) is 0 Å². The minimum Gasteiger partial charge on any atom is -0.488 e. The van der Waals surface area contributed by atoms with Crippen LogP contribution in [0.2, 0.25) is 0 Å². The molecule has 1 aliphatic heterocycles. The molecule has 0 aliphatic carbocycles. The summed E-state index contributed by atoms with van der Waals surface area (Å²) in [7, 11) is 0. The highest BCUT2D eigenvalue weighted by atomic mass is 16.5. The normalized spacial score (nSPS) is 12.1. The fourth-order valence-corrected chi connectivity index (χ4v) is 2.86. The Morgan fingerprint density at radius 1 is 1.14 bits per heavy atom. The van der Waals surface area contributed by atoms with E-state index in [1.807, 2.05) is 44.2 Å². The Hall–Kier alpha value is -2.42. The van der Waals surface area contributed by atoms with Crippen LogP contribution in [0.15, 0.2) is 30.3 Å². The van der Waals surface area contributed by atoms with Crippen LogP contribution >= 0.6 is 0 Å². The molecule has 0 saturated carbocycles. The number of ketones is 2. The van der Waals surface area contributed by atoms with Crippen molar-refractivity contribution in [3.05, 3.63) is 52.6 Å². The highest BCUT2D eigenvalue weighted by Gasteiger charge is 2.21. The van der Waals surface area contributed by atoms with E-state index in [-0.39, 0.29) is 11.6 Å². The second kappa shape index (κ2) is 5.41. The lowest BCUT2D eigenvalue weighted by molar-refractivity contribution is 0.0984. The standard InChI is InChI=1S/C19H18O3/c1-4-18(21)16-9-19-17(7-11(16)2)15-6-5-13(12(3)20)8-14(15)10-22-19/h5-9H,4,10H2,1-3H3. The van der Waals surface area contributed by atoms with Crippen molar-refractivity contribution in [3.63, 3.8) is 0 Å². The van der Waals surface area contributed by atoms with Crippen LogP contribution in [0.4, 0.5) is 0 Å². The molecule has 0 spiro atoms. The number of carbonyl (C=O) groups is 2. The van der Waals surface area contributed by atoms with E-state index < -0.39 is 0 Å². The quantitative estimate of drug-likeness (QED) is 0.790. The van der Waals surface area contributed by atoms with Crippen LogP contribution < -0.4 is 4.74 Å². The van der Waals surface area contributed by atoms with Gasteiger partial charge in [0.05, 0.1) is 0 Å². The molecule has 1 aliphatic rings. The lowest BCUT2D eigenvalue weighted by Gasteiger charge is -2.23. The van der Waals surface area contributed by atoms with Gasteiger partial charge in [-0.1, -0.05) is 19.1 Å². The molecule has 0 fully saturated rings. The van der Waals surface area contributed by atoms with Crippen LogP contribution in [0.1, 0.15) is 52.1 Å². The maximum Gasteiger partial charge on any atom is 0.163 e. The van der Waals surface area contributed by atoms with Crippen LogP contribution in [-0.4, -0.2) is 11.6 Å². The number of hydrogen-bond acceptors (Lipinski definition) is 3. The predicted octanol–water partition coefficient (Wildman–Crippen LogP) is 4.35. The lowest BCUT2D eigenvalue weighted by atomic mass is 9.91. The molecule has 1 heterocycles. The number of rotatable bonds is 3. The molecule has 0 unspecified atom stereocenters. The summed E-state index contributed by atoms with van der Waals surface area (Å²) in [5, 5.41) is 0. The van der Waals surface area contributed by atoms with E-state index in [1.165, 1.54) is 0 Å². The Bertz CT molecular complexity index is 788. The van der Waals surface area contributed by atoms with Crippen LogP contribution in [0.5, 0.6) is 5.75 Å². The van der Waals surface area contributed by atoms with Crippen LogP contribution in [-0.2, 0) is 6.61 Å². The molecule has 112 valence electrons. The van der Waals surface area contributed by atoms with Gasteiger partial charge in [-0.25, -0.2) is 0 Å². The lowest BCUT2D eigenvalue weighted by Crippen LogP contribution is -2.09. The van der Waals surface area contributed by atoms with Gasteiger partial charge in [-0.15, -0.1) is 0 Å². The van der Waals surface area contributed by atoms with Gasteiger partial charge in [0.15, 0.2) is 11.6 Å². The molecule has 0 aromatic heterocycles. The third kappa shape index (κ3) is 2.33. The second-order valence-electron chi connectivity index (χ2n) is 5.66. The van der Waals surface area contributed by atoms with E-state index >= 15 is 0 Å². The predicted molar refractivity (Wildman–Crippen MR) is 85.6 cm³/mol. The molecule has 2 aromatic rings. The number of carbonyl (C=O) groups excluding carboxylic acids is 2. The Balaban J connectivity index is 2.13. The first kappa shape index (κ1) is 14.5. The number of ether oxygens (including phenoxy) is 1. The van der Waals surface area contributed by atoms with Gasteiger partial charge in [0.25, 0.3) is 0 Å². The first-order valence-corrected chi connectivity index (χ1v) is 7.46. The molecule has 3 heteroatoms. The number of benzene rings is 2. The minimum atomic E-state index is 0.0497. The first-order valence-electron chi connectivity index (χ1n) is 7.46. The van der Waals surface area contributed by atoms with Gasteiger partial charge in [-0.05, 0) is 48.7 Å². The van der Waals surface area contributed by atoms with E-state index in [4.69, 9.17) is 4.74 Å². The highest BCUT2D eigenvalue weighted by Crippen LogP contribution is 2.39. The average molecular weight is 294 g/mol. The van der Waals surface area contributed by atoms with Crippen molar-refractivity contribution < 1.29 is 14.3 Å². The molecule has 22 heavy (non-hydrogen) atoms. The fourth-order valence-electron chi connectivity index (χ4n) is 2.86. The molecular weight excluding hydrogens is 276 g/mol. The summed E-state index contributed by atoms with van der Waals surface area (Å²) in [6.45, 7) is 5.79. The van der Waals surface area contributed by atoms with Gasteiger partial charge >= 0.3 is 0 Å². The Morgan fingerprint density at radius 3 is 2.59 bits per heavy atom. The van der Waals surface area contributed by atoms with E-state index in [0.717, 1.165) is 33.6 Å². The monoisotopic (exact) mass is 294 g/mol. The Morgan fingerprint density at radius 2 is 1.91 bits per heavy atom. The molecule has 0 N–H and O–H groups in total. The highest BCUT2D eigenvalue weighted by molar-refractivity contribution is 5.99. The third-order valence-electron chi connectivity index (χ3n) is 4.13. The molecule has 0 saturated heterocycles. The molecule has 0 amide bonds. The molecule has 3 nitrogen and oxygen atoms in total. The van der Waals surface area contributed by atoms with E-state index in [0.29, 0.717) is 18.6 Å². The summed E-state index contributed by atoms with van der Waals surface area (Å²) < 4.78 is 5.81. The second-order valence-corrected chi connectivity index (χ2v) is 5.66. The van der Waals surface area contributed by atoms with Crippen molar-refractivity contribution in [1.29, 1.82) is 0 Å². The zero-order valence-electron chi connectivity index (χ0n) is 13.0. The van der Waals surface area contributed by atoms with Crippen molar-refractivity contribution in [2.45, 2.75) is 33.8 Å². The van der Waals surface area contributed by atoms with Crippen molar-refractivity contribution in [3.8, 4) is 16.9 Å². The number of fused-ring (bicyclic) bond motifs is 3. The summed E-state index contributed by atoms with van der Waals surface area (Å²) in [5.41, 5.74) is 5.45. The maximum atomic E-state index is 12.0. The Labute approximate surface area is 129 Å². The molecule has 2 aromatic carbocycles. The summed E-state index contributed by atoms with van der Waals surface area (Å²) in [5.74, 6) is 0.917. The zero-order valence-corrected chi connectivity index (χ0v) is 13.0. The maximum absolute atomic E-state index is 12.0. The zero-order chi connectivity index (χ0) is 15.9. The van der Waals surface area contributed by atoms with Gasteiger partial charge in [-0.2, -0.15) is 0 Å². The topological polar surface area (TPSA) is 43.4 Å². The smallest absolute Gasteiger partial charge is 0.163 e. The van der Waals surface area contributed by atoms with Crippen LogP contribution in [0.25, 0.3) is 11.1 Å². The van der Waals surface area contributed by atoms with Crippen LogP contribution in [0, 0.1) is 6.92 Å². The number of aryl methyl sites for hydroxylation is 1. The van der Waals surface area contributed by atoms with E-state index in [1.54, 1.807) is 6.92 Å². The Kier molecular flexibility index (Phi) is 3.57. The third-order valence-corrected chi connectivity index (χ3v) is 4.13. The number of Topliss-reactive ketones (excluding diaryl/α,β-unsaturated/α-hetero) is 2. The molecule has 0 bridgehead atoms. The van der Waals surface area contributed by atoms with Gasteiger partial charge in [-0.3, -0.25) is 9.59 Å². The molecule has 0 atom stereocenters. The van der Waals surface area contributed by atoms with Gasteiger partial charge < -0.3 is 4.74 Å². The van der Waals surface area contributed by atoms with Gasteiger partial charge in [0, 0.05) is 23.1 Å². The SMILES string of the molecule is CCC(=O)c1cc2c(cc1C)-c1ccc(C(C)=O)cc1CO2. The van der Waals surface area contributed by atoms with Crippen molar-refractivity contribution in [2.75, 3.05) is 0 Å². The largest absolute Gasteiger partial charge is 0.488 e. The minimum absolute atomic E-state index is 0.0497. The summed E-state index contributed by atoms with van der Waals surface area (Å²) in [6.07, 6.45) is 0.484. The number of hydrogen-bond donors (Lipinski definition) is 0. The van der Waals surface area contributed by atoms with Gasteiger partial charge in [0.2, 0.25) is 0 Å². The summed E-state index contributed by atoms with van der Waals surface area (Å²) >= 11 is 0. The fraction of sp³-hybridized carbons (Fsp3) is 0.263.